The SMILES string of the molecule is C/C(=N/NC(=O)Cc1cccs1)c1ccc(N2CCCCCC2)cc1. The molecule has 0 spiro atoms. The lowest BCUT2D eigenvalue weighted by molar-refractivity contribution is -0.120. The van der Waals surface area contributed by atoms with E-state index >= 15 is 0 Å². The maximum Gasteiger partial charge on any atom is 0.245 e. The molecule has 0 bridgehead atoms. The fourth-order valence-corrected chi connectivity index (χ4v) is 3.77. The van der Waals surface area contributed by atoms with Gasteiger partial charge >= 0.3 is 0 Å². The molecular formula is C20H25N3OS. The lowest BCUT2D eigenvalue weighted by atomic mass is 10.1. The molecule has 4 nitrogen and oxygen atoms in total. The standard InChI is InChI=1S/C20H25N3OS/c1-16(21-22-20(24)15-19-7-6-14-25-19)17-8-10-18(11-9-17)23-12-4-2-3-5-13-23/h6-11,14H,2-5,12-13,15H2,1H3,(H,22,24)/b21-16-. The van der Waals surface area contributed by atoms with Gasteiger partial charge in [0.1, 0.15) is 0 Å². The molecule has 1 aromatic carbocycles. The predicted octanol–water partition coefficient (Wildman–Crippen LogP) is 4.21. The van der Waals surface area contributed by atoms with E-state index in [0.717, 1.165) is 29.2 Å². The van der Waals surface area contributed by atoms with Crippen LogP contribution in [0.5, 0.6) is 0 Å². The van der Waals surface area contributed by atoms with Crippen molar-refractivity contribution in [3.8, 4) is 0 Å². The summed E-state index contributed by atoms with van der Waals surface area (Å²) in [7, 11) is 0. The van der Waals surface area contributed by atoms with E-state index in [0.29, 0.717) is 6.42 Å². The summed E-state index contributed by atoms with van der Waals surface area (Å²) >= 11 is 1.58. The molecule has 5 heteroatoms. The zero-order valence-electron chi connectivity index (χ0n) is 14.7. The maximum absolute atomic E-state index is 11.9. The van der Waals surface area contributed by atoms with Crippen molar-refractivity contribution in [2.24, 2.45) is 5.10 Å². The molecule has 0 radical (unpaired) electrons. The van der Waals surface area contributed by atoms with Gasteiger partial charge in [0.15, 0.2) is 0 Å². The third kappa shape index (κ3) is 5.16. The largest absolute Gasteiger partial charge is 0.372 e. The van der Waals surface area contributed by atoms with Crippen molar-refractivity contribution in [2.75, 3.05) is 18.0 Å². The van der Waals surface area contributed by atoms with Crippen LogP contribution in [-0.4, -0.2) is 24.7 Å². The van der Waals surface area contributed by atoms with Gasteiger partial charge in [0, 0.05) is 23.7 Å². The van der Waals surface area contributed by atoms with Crippen molar-refractivity contribution in [2.45, 2.75) is 39.0 Å². The highest BCUT2D eigenvalue weighted by molar-refractivity contribution is 7.10. The summed E-state index contributed by atoms with van der Waals surface area (Å²) in [6.45, 7) is 4.21. The number of thiophene rings is 1. The number of hydrogen-bond acceptors (Lipinski definition) is 4. The Morgan fingerprint density at radius 3 is 2.48 bits per heavy atom. The quantitative estimate of drug-likeness (QED) is 0.645. The van der Waals surface area contributed by atoms with Gasteiger partial charge in [-0.3, -0.25) is 4.79 Å². The second kappa shape index (κ2) is 8.81. The third-order valence-electron chi connectivity index (χ3n) is 4.52. The Kier molecular flexibility index (Phi) is 6.23. The highest BCUT2D eigenvalue weighted by Gasteiger charge is 2.10. The normalized spacial score (nSPS) is 15.7. The molecule has 2 heterocycles. The van der Waals surface area contributed by atoms with Gasteiger partial charge in [-0.2, -0.15) is 5.10 Å². The molecule has 0 unspecified atom stereocenters. The lowest BCUT2D eigenvalue weighted by Crippen LogP contribution is -2.23. The fraction of sp³-hybridized carbons (Fsp3) is 0.400. The maximum atomic E-state index is 11.9. The fourth-order valence-electron chi connectivity index (χ4n) is 3.06. The minimum absolute atomic E-state index is 0.0806. The first-order valence-corrected chi connectivity index (χ1v) is 9.81. The molecule has 1 aliphatic rings. The first kappa shape index (κ1) is 17.7. The van der Waals surface area contributed by atoms with Gasteiger partial charge in [0.25, 0.3) is 0 Å². The van der Waals surface area contributed by atoms with Crippen LogP contribution in [0.25, 0.3) is 0 Å². The van der Waals surface area contributed by atoms with Gasteiger partial charge in [0.2, 0.25) is 5.91 Å². The monoisotopic (exact) mass is 355 g/mol. The van der Waals surface area contributed by atoms with Crippen molar-refractivity contribution in [1.82, 2.24) is 5.43 Å². The molecule has 0 aliphatic carbocycles. The molecule has 0 saturated carbocycles. The van der Waals surface area contributed by atoms with Crippen LogP contribution in [0, 0.1) is 0 Å². The Hall–Kier alpha value is -2.14. The molecule has 25 heavy (non-hydrogen) atoms. The van der Waals surface area contributed by atoms with Crippen molar-refractivity contribution < 1.29 is 4.79 Å². The number of carbonyl (C=O) groups is 1. The summed E-state index contributed by atoms with van der Waals surface area (Å²) in [5, 5.41) is 6.22. The molecule has 1 amide bonds. The van der Waals surface area contributed by atoms with Crippen LogP contribution in [-0.2, 0) is 11.2 Å². The number of rotatable bonds is 5. The second-order valence-electron chi connectivity index (χ2n) is 6.44. The number of benzene rings is 1. The van der Waals surface area contributed by atoms with Gasteiger partial charge < -0.3 is 4.90 Å². The van der Waals surface area contributed by atoms with E-state index < -0.39 is 0 Å². The molecule has 1 aliphatic heterocycles. The zero-order chi connectivity index (χ0) is 17.5. The second-order valence-corrected chi connectivity index (χ2v) is 7.47. The molecule has 3 rings (SSSR count). The number of anilines is 1. The van der Waals surface area contributed by atoms with Gasteiger partial charge in [-0.15, -0.1) is 11.3 Å². The number of nitrogens with one attached hydrogen (secondary N) is 1. The summed E-state index contributed by atoms with van der Waals surface area (Å²) in [5.74, 6) is -0.0806. The van der Waals surface area contributed by atoms with Crippen LogP contribution in [0.1, 0.15) is 43.0 Å². The molecule has 1 saturated heterocycles. The topological polar surface area (TPSA) is 44.7 Å². The zero-order valence-corrected chi connectivity index (χ0v) is 15.5. The third-order valence-corrected chi connectivity index (χ3v) is 5.40. The Morgan fingerprint density at radius 2 is 1.84 bits per heavy atom. The number of hydrazone groups is 1. The Morgan fingerprint density at radius 1 is 1.12 bits per heavy atom. The van der Waals surface area contributed by atoms with E-state index in [4.69, 9.17) is 0 Å². The average Bonchev–Trinajstić information content (AvgIpc) is 2.99. The molecule has 1 fully saturated rings. The number of hydrogen-bond donors (Lipinski definition) is 1. The summed E-state index contributed by atoms with van der Waals surface area (Å²) in [5.41, 5.74) is 5.79. The summed E-state index contributed by atoms with van der Waals surface area (Å²) in [6.07, 6.45) is 5.61. The first-order chi connectivity index (χ1) is 12.2. The molecule has 1 N–H and O–H groups in total. The Bertz CT molecular complexity index is 699. The highest BCUT2D eigenvalue weighted by atomic mass is 32.1. The van der Waals surface area contributed by atoms with Crippen molar-refractivity contribution in [1.29, 1.82) is 0 Å². The Labute approximate surface area is 153 Å². The Balaban J connectivity index is 1.57. The van der Waals surface area contributed by atoms with E-state index in [2.05, 4.69) is 39.7 Å². The lowest BCUT2D eigenvalue weighted by Gasteiger charge is -2.22. The van der Waals surface area contributed by atoms with E-state index in [1.807, 2.05) is 24.4 Å². The predicted molar refractivity (Wildman–Crippen MR) is 105 cm³/mol. The number of amides is 1. The summed E-state index contributed by atoms with van der Waals surface area (Å²) in [4.78, 5) is 15.4. The van der Waals surface area contributed by atoms with Crippen molar-refractivity contribution in [3.63, 3.8) is 0 Å². The van der Waals surface area contributed by atoms with Gasteiger partial charge in [-0.05, 0) is 48.9 Å². The van der Waals surface area contributed by atoms with Crippen LogP contribution < -0.4 is 10.3 Å². The molecule has 0 atom stereocenters. The van der Waals surface area contributed by atoms with Crippen LogP contribution in [0.15, 0.2) is 46.9 Å². The summed E-state index contributed by atoms with van der Waals surface area (Å²) in [6, 6.07) is 12.4. The molecule has 2 aromatic rings. The molecule has 132 valence electrons. The average molecular weight is 356 g/mol. The van der Waals surface area contributed by atoms with Crippen molar-refractivity contribution >= 4 is 28.6 Å². The van der Waals surface area contributed by atoms with Gasteiger partial charge in [0.05, 0.1) is 12.1 Å². The van der Waals surface area contributed by atoms with Crippen LogP contribution >= 0.6 is 11.3 Å². The summed E-state index contributed by atoms with van der Waals surface area (Å²) < 4.78 is 0. The van der Waals surface area contributed by atoms with E-state index in [1.165, 1.54) is 31.4 Å². The van der Waals surface area contributed by atoms with Crippen LogP contribution in [0.2, 0.25) is 0 Å². The minimum Gasteiger partial charge on any atom is -0.372 e. The van der Waals surface area contributed by atoms with Crippen LogP contribution in [0.3, 0.4) is 0 Å². The first-order valence-electron chi connectivity index (χ1n) is 8.93. The van der Waals surface area contributed by atoms with E-state index in [-0.39, 0.29) is 5.91 Å². The smallest absolute Gasteiger partial charge is 0.245 e. The van der Waals surface area contributed by atoms with Crippen molar-refractivity contribution in [3.05, 3.63) is 52.2 Å². The number of carbonyl (C=O) groups excluding carboxylic acids is 1. The van der Waals surface area contributed by atoms with E-state index in [1.54, 1.807) is 11.3 Å². The van der Waals surface area contributed by atoms with Crippen LogP contribution in [0.4, 0.5) is 5.69 Å². The van der Waals surface area contributed by atoms with Gasteiger partial charge in [-0.25, -0.2) is 5.43 Å². The molecular weight excluding hydrogens is 330 g/mol. The minimum atomic E-state index is -0.0806. The highest BCUT2D eigenvalue weighted by Crippen LogP contribution is 2.20. The number of nitrogens with zero attached hydrogens (tertiary/aromatic N) is 2. The van der Waals surface area contributed by atoms with Gasteiger partial charge in [-0.1, -0.05) is 31.0 Å². The van der Waals surface area contributed by atoms with E-state index in [9.17, 15) is 4.79 Å². The molecule has 1 aromatic heterocycles.